The van der Waals surface area contributed by atoms with Gasteiger partial charge in [0.15, 0.2) is 5.82 Å². The molecule has 0 amide bonds. The minimum Gasteiger partial charge on any atom is -0.346 e. The summed E-state index contributed by atoms with van der Waals surface area (Å²) in [5.41, 5.74) is 3.00. The lowest BCUT2D eigenvalue weighted by Gasteiger charge is -2.03. The van der Waals surface area contributed by atoms with Gasteiger partial charge in [-0.25, -0.2) is 4.98 Å². The standard InChI is InChI=1S/C13H15N5/c1-8(2)11-7-12(18-17-11)16-10-4-6-15-13-9(10)3-5-14-13/h3-8H,1-2H3,(H3,14,15,16,17,18). The maximum atomic E-state index is 4.26. The number of anilines is 2. The first-order valence-corrected chi connectivity index (χ1v) is 5.98. The molecule has 18 heavy (non-hydrogen) atoms. The van der Waals surface area contributed by atoms with E-state index < -0.39 is 0 Å². The lowest BCUT2D eigenvalue weighted by molar-refractivity contribution is 0.811. The Hall–Kier alpha value is -2.30. The molecule has 0 aliphatic heterocycles. The number of fused-ring (bicyclic) bond motifs is 1. The summed E-state index contributed by atoms with van der Waals surface area (Å²) >= 11 is 0. The van der Waals surface area contributed by atoms with Gasteiger partial charge in [-0.2, -0.15) is 5.10 Å². The fourth-order valence-corrected chi connectivity index (χ4v) is 1.90. The quantitative estimate of drug-likeness (QED) is 0.659. The van der Waals surface area contributed by atoms with Gasteiger partial charge in [-0.05, 0) is 18.1 Å². The van der Waals surface area contributed by atoms with E-state index in [0.29, 0.717) is 5.92 Å². The second kappa shape index (κ2) is 4.18. The average molecular weight is 241 g/mol. The minimum atomic E-state index is 0.442. The van der Waals surface area contributed by atoms with E-state index >= 15 is 0 Å². The maximum Gasteiger partial charge on any atom is 0.152 e. The molecule has 0 spiro atoms. The van der Waals surface area contributed by atoms with E-state index in [4.69, 9.17) is 0 Å². The predicted octanol–water partition coefficient (Wildman–Crippen LogP) is 3.15. The molecule has 3 heterocycles. The SMILES string of the molecule is CC(C)c1cc(Nc2ccnc3[nH]ccc23)n[nH]1. The zero-order valence-corrected chi connectivity index (χ0v) is 10.4. The minimum absolute atomic E-state index is 0.442. The number of hydrogen-bond acceptors (Lipinski definition) is 3. The van der Waals surface area contributed by atoms with Gasteiger partial charge in [0.2, 0.25) is 0 Å². The monoisotopic (exact) mass is 241 g/mol. The maximum absolute atomic E-state index is 4.26. The van der Waals surface area contributed by atoms with Crippen LogP contribution in [0.5, 0.6) is 0 Å². The number of aromatic nitrogens is 4. The Morgan fingerprint density at radius 2 is 2.17 bits per heavy atom. The lowest BCUT2D eigenvalue weighted by atomic mass is 10.1. The van der Waals surface area contributed by atoms with E-state index in [1.807, 2.05) is 24.4 Å². The van der Waals surface area contributed by atoms with E-state index in [1.54, 1.807) is 6.20 Å². The third-order valence-corrected chi connectivity index (χ3v) is 2.94. The highest BCUT2D eigenvalue weighted by Gasteiger charge is 2.07. The normalized spacial score (nSPS) is 11.3. The second-order valence-electron chi connectivity index (χ2n) is 4.59. The van der Waals surface area contributed by atoms with E-state index in [0.717, 1.165) is 28.2 Å². The molecule has 0 aromatic carbocycles. The van der Waals surface area contributed by atoms with Crippen LogP contribution in [0.15, 0.2) is 30.6 Å². The van der Waals surface area contributed by atoms with E-state index in [1.165, 1.54) is 0 Å². The van der Waals surface area contributed by atoms with Crippen molar-refractivity contribution in [3.8, 4) is 0 Å². The smallest absolute Gasteiger partial charge is 0.152 e. The average Bonchev–Trinajstić information content (AvgIpc) is 2.97. The van der Waals surface area contributed by atoms with Crippen LogP contribution in [-0.4, -0.2) is 20.2 Å². The first-order chi connectivity index (χ1) is 8.74. The molecule has 92 valence electrons. The number of nitrogens with one attached hydrogen (secondary N) is 3. The van der Waals surface area contributed by atoms with Crippen LogP contribution in [0.4, 0.5) is 11.5 Å². The first kappa shape index (κ1) is 10.8. The number of nitrogens with zero attached hydrogens (tertiary/aromatic N) is 2. The van der Waals surface area contributed by atoms with E-state index in [-0.39, 0.29) is 0 Å². The summed E-state index contributed by atoms with van der Waals surface area (Å²) in [5.74, 6) is 1.27. The molecule has 0 radical (unpaired) electrons. The summed E-state index contributed by atoms with van der Waals surface area (Å²) in [7, 11) is 0. The Bertz CT molecular complexity index is 665. The summed E-state index contributed by atoms with van der Waals surface area (Å²) < 4.78 is 0. The number of pyridine rings is 1. The van der Waals surface area contributed by atoms with Crippen molar-refractivity contribution in [2.45, 2.75) is 19.8 Å². The molecule has 0 bridgehead atoms. The van der Waals surface area contributed by atoms with Crippen LogP contribution < -0.4 is 5.32 Å². The Morgan fingerprint density at radius 3 is 2.94 bits per heavy atom. The highest BCUT2D eigenvalue weighted by molar-refractivity contribution is 5.90. The number of H-pyrrole nitrogens is 2. The lowest BCUT2D eigenvalue weighted by Crippen LogP contribution is -1.91. The molecule has 0 aliphatic rings. The fraction of sp³-hybridized carbons (Fsp3) is 0.231. The van der Waals surface area contributed by atoms with Crippen LogP contribution in [0.3, 0.4) is 0 Å². The van der Waals surface area contributed by atoms with Crippen molar-refractivity contribution in [3.05, 3.63) is 36.3 Å². The van der Waals surface area contributed by atoms with Crippen molar-refractivity contribution in [2.24, 2.45) is 0 Å². The second-order valence-corrected chi connectivity index (χ2v) is 4.59. The molecule has 5 heteroatoms. The van der Waals surface area contributed by atoms with Crippen molar-refractivity contribution in [2.75, 3.05) is 5.32 Å². The van der Waals surface area contributed by atoms with Gasteiger partial charge in [0, 0.05) is 29.5 Å². The molecule has 3 aromatic rings. The Balaban J connectivity index is 1.93. The fourth-order valence-electron chi connectivity index (χ4n) is 1.90. The van der Waals surface area contributed by atoms with Crippen molar-refractivity contribution < 1.29 is 0 Å². The van der Waals surface area contributed by atoms with Crippen LogP contribution >= 0.6 is 0 Å². The van der Waals surface area contributed by atoms with Gasteiger partial charge in [0.05, 0.1) is 5.69 Å². The van der Waals surface area contributed by atoms with E-state index in [9.17, 15) is 0 Å². The molecule has 0 unspecified atom stereocenters. The van der Waals surface area contributed by atoms with Crippen molar-refractivity contribution in [3.63, 3.8) is 0 Å². The number of aromatic amines is 2. The summed E-state index contributed by atoms with van der Waals surface area (Å²) in [4.78, 5) is 7.34. The van der Waals surface area contributed by atoms with E-state index in [2.05, 4.69) is 39.3 Å². The van der Waals surface area contributed by atoms with Gasteiger partial charge >= 0.3 is 0 Å². The van der Waals surface area contributed by atoms with Gasteiger partial charge in [-0.3, -0.25) is 5.10 Å². The topological polar surface area (TPSA) is 69.4 Å². The predicted molar refractivity (Wildman–Crippen MR) is 72.1 cm³/mol. The third kappa shape index (κ3) is 1.84. The van der Waals surface area contributed by atoms with Gasteiger partial charge < -0.3 is 10.3 Å². The Kier molecular flexibility index (Phi) is 2.51. The number of hydrogen-bond donors (Lipinski definition) is 3. The zero-order chi connectivity index (χ0) is 12.5. The summed E-state index contributed by atoms with van der Waals surface area (Å²) in [6, 6.07) is 5.98. The molecule has 3 aromatic heterocycles. The van der Waals surface area contributed by atoms with Crippen LogP contribution in [0, 0.1) is 0 Å². The van der Waals surface area contributed by atoms with Gasteiger partial charge in [0.25, 0.3) is 0 Å². The van der Waals surface area contributed by atoms with Crippen LogP contribution in [0.25, 0.3) is 11.0 Å². The summed E-state index contributed by atoms with van der Waals surface area (Å²) in [6.45, 7) is 4.27. The molecule has 3 rings (SSSR count). The molecule has 3 N–H and O–H groups in total. The molecule has 0 fully saturated rings. The summed E-state index contributed by atoms with van der Waals surface area (Å²) in [5, 5.41) is 11.7. The van der Waals surface area contributed by atoms with Gasteiger partial charge in [-0.15, -0.1) is 0 Å². The van der Waals surface area contributed by atoms with Crippen molar-refractivity contribution in [1.29, 1.82) is 0 Å². The van der Waals surface area contributed by atoms with Crippen LogP contribution in [0.1, 0.15) is 25.5 Å². The van der Waals surface area contributed by atoms with Gasteiger partial charge in [0.1, 0.15) is 5.65 Å². The third-order valence-electron chi connectivity index (χ3n) is 2.94. The summed E-state index contributed by atoms with van der Waals surface area (Å²) in [6.07, 6.45) is 3.66. The highest BCUT2D eigenvalue weighted by atomic mass is 15.2. The van der Waals surface area contributed by atoms with Crippen LogP contribution in [-0.2, 0) is 0 Å². The molecular weight excluding hydrogens is 226 g/mol. The zero-order valence-electron chi connectivity index (χ0n) is 10.4. The highest BCUT2D eigenvalue weighted by Crippen LogP contribution is 2.24. The number of rotatable bonds is 3. The van der Waals surface area contributed by atoms with Crippen LogP contribution in [0.2, 0.25) is 0 Å². The first-order valence-electron chi connectivity index (χ1n) is 5.98. The molecular formula is C13H15N5. The molecule has 0 saturated heterocycles. The Labute approximate surface area is 105 Å². The molecule has 5 nitrogen and oxygen atoms in total. The molecule has 0 saturated carbocycles. The van der Waals surface area contributed by atoms with Crippen molar-refractivity contribution >= 4 is 22.5 Å². The van der Waals surface area contributed by atoms with Crippen molar-refractivity contribution in [1.82, 2.24) is 20.2 Å². The molecule has 0 aliphatic carbocycles. The molecule has 0 atom stereocenters. The largest absolute Gasteiger partial charge is 0.346 e. The Morgan fingerprint density at radius 1 is 1.28 bits per heavy atom. The van der Waals surface area contributed by atoms with Gasteiger partial charge in [-0.1, -0.05) is 13.8 Å².